The van der Waals surface area contributed by atoms with E-state index in [2.05, 4.69) is 5.32 Å². The van der Waals surface area contributed by atoms with Crippen LogP contribution < -0.4 is 14.8 Å². The zero-order valence-corrected chi connectivity index (χ0v) is 13.4. The molecule has 0 fully saturated rings. The normalized spacial score (nSPS) is 10.1. The Morgan fingerprint density at radius 1 is 1.10 bits per heavy atom. The molecular formula is C16H26N2O3. The lowest BCUT2D eigenvalue weighted by atomic mass is 10.2. The fraction of sp³-hybridized carbons (Fsp3) is 0.562. The van der Waals surface area contributed by atoms with Crippen LogP contribution in [0.5, 0.6) is 11.5 Å². The van der Waals surface area contributed by atoms with Crippen molar-refractivity contribution in [3.63, 3.8) is 0 Å². The van der Waals surface area contributed by atoms with E-state index in [1.807, 2.05) is 45.9 Å². The van der Waals surface area contributed by atoms with Gasteiger partial charge in [0.1, 0.15) is 11.5 Å². The predicted molar refractivity (Wildman–Crippen MR) is 85.2 cm³/mol. The summed E-state index contributed by atoms with van der Waals surface area (Å²) in [5.74, 6) is 1.57. The first kappa shape index (κ1) is 17.1. The predicted octanol–water partition coefficient (Wildman–Crippen LogP) is 2.76. The van der Waals surface area contributed by atoms with Gasteiger partial charge in [-0.15, -0.1) is 0 Å². The van der Waals surface area contributed by atoms with Crippen LogP contribution in [0.4, 0.5) is 5.69 Å². The molecule has 5 heteroatoms. The summed E-state index contributed by atoms with van der Waals surface area (Å²) in [7, 11) is 0. The number of likely N-dealkylation sites (N-methyl/N-ethyl adjacent to an activating group) is 1. The summed E-state index contributed by atoms with van der Waals surface area (Å²) in [6, 6.07) is 5.59. The standard InChI is InChI=1S/C16H26N2O3/c1-5-18(6-2)16(19)12-17-14-11-13(20-7-3)9-10-15(14)21-8-4/h9-11,17H,5-8,12H2,1-4H3. The molecule has 0 heterocycles. The highest BCUT2D eigenvalue weighted by Gasteiger charge is 2.11. The Hall–Kier alpha value is -1.91. The Kier molecular flexibility index (Phi) is 7.43. The van der Waals surface area contributed by atoms with E-state index in [1.165, 1.54) is 0 Å². The van der Waals surface area contributed by atoms with Crippen LogP contribution in [0, 0.1) is 0 Å². The number of hydrogen-bond acceptors (Lipinski definition) is 4. The number of rotatable bonds is 9. The van der Waals surface area contributed by atoms with Gasteiger partial charge in [0.15, 0.2) is 0 Å². The topological polar surface area (TPSA) is 50.8 Å². The van der Waals surface area contributed by atoms with Crippen molar-refractivity contribution in [2.75, 3.05) is 38.2 Å². The molecule has 1 aromatic carbocycles. The molecule has 0 radical (unpaired) electrons. The fourth-order valence-corrected chi connectivity index (χ4v) is 2.04. The molecule has 1 N–H and O–H groups in total. The number of anilines is 1. The van der Waals surface area contributed by atoms with Crippen LogP contribution in [0.3, 0.4) is 0 Å². The molecule has 0 atom stereocenters. The molecule has 0 aliphatic heterocycles. The Balaban J connectivity index is 2.78. The van der Waals surface area contributed by atoms with Gasteiger partial charge < -0.3 is 19.7 Å². The first-order valence-electron chi connectivity index (χ1n) is 7.57. The van der Waals surface area contributed by atoms with Gasteiger partial charge in [0.05, 0.1) is 25.4 Å². The van der Waals surface area contributed by atoms with Crippen LogP contribution in [0.15, 0.2) is 18.2 Å². The molecule has 0 spiro atoms. The second kappa shape index (κ2) is 9.10. The highest BCUT2D eigenvalue weighted by atomic mass is 16.5. The molecule has 0 bridgehead atoms. The van der Waals surface area contributed by atoms with Gasteiger partial charge in [-0.05, 0) is 39.8 Å². The lowest BCUT2D eigenvalue weighted by Crippen LogP contribution is -2.35. The Bertz CT molecular complexity index is 445. The SMILES string of the molecule is CCOc1ccc(OCC)c(NCC(=O)N(CC)CC)c1. The minimum atomic E-state index is 0.0734. The highest BCUT2D eigenvalue weighted by molar-refractivity contribution is 5.81. The van der Waals surface area contributed by atoms with Crippen molar-refractivity contribution in [3.8, 4) is 11.5 Å². The fourth-order valence-electron chi connectivity index (χ4n) is 2.04. The lowest BCUT2D eigenvalue weighted by Gasteiger charge is -2.20. The van der Waals surface area contributed by atoms with E-state index in [0.717, 1.165) is 17.2 Å². The molecule has 0 saturated carbocycles. The van der Waals surface area contributed by atoms with Crippen LogP contribution in [-0.2, 0) is 4.79 Å². The third kappa shape index (κ3) is 5.17. The number of carbonyl (C=O) groups is 1. The van der Waals surface area contributed by atoms with Crippen LogP contribution in [0.25, 0.3) is 0 Å². The van der Waals surface area contributed by atoms with Gasteiger partial charge in [0.2, 0.25) is 5.91 Å². The maximum absolute atomic E-state index is 12.0. The smallest absolute Gasteiger partial charge is 0.241 e. The molecule has 1 aromatic rings. The third-order valence-electron chi connectivity index (χ3n) is 3.11. The van der Waals surface area contributed by atoms with Crippen LogP contribution in [0.2, 0.25) is 0 Å². The Morgan fingerprint density at radius 2 is 1.76 bits per heavy atom. The van der Waals surface area contributed by atoms with E-state index in [4.69, 9.17) is 9.47 Å². The molecule has 0 unspecified atom stereocenters. The average Bonchev–Trinajstić information content (AvgIpc) is 2.49. The molecule has 0 aliphatic rings. The second-order valence-corrected chi connectivity index (χ2v) is 4.44. The maximum atomic E-state index is 12.0. The monoisotopic (exact) mass is 294 g/mol. The second-order valence-electron chi connectivity index (χ2n) is 4.44. The van der Waals surface area contributed by atoms with Crippen molar-refractivity contribution in [2.24, 2.45) is 0 Å². The molecule has 1 rings (SSSR count). The molecule has 0 saturated heterocycles. The maximum Gasteiger partial charge on any atom is 0.241 e. The van der Waals surface area contributed by atoms with Crippen molar-refractivity contribution in [1.29, 1.82) is 0 Å². The van der Waals surface area contributed by atoms with Gasteiger partial charge in [0, 0.05) is 19.2 Å². The number of nitrogens with one attached hydrogen (secondary N) is 1. The summed E-state index contributed by atoms with van der Waals surface area (Å²) in [6.07, 6.45) is 0. The van der Waals surface area contributed by atoms with E-state index in [-0.39, 0.29) is 12.5 Å². The zero-order valence-electron chi connectivity index (χ0n) is 13.4. The van der Waals surface area contributed by atoms with Crippen molar-refractivity contribution in [2.45, 2.75) is 27.7 Å². The average molecular weight is 294 g/mol. The van der Waals surface area contributed by atoms with E-state index in [0.29, 0.717) is 26.3 Å². The number of nitrogens with zero attached hydrogens (tertiary/aromatic N) is 1. The zero-order chi connectivity index (χ0) is 15.7. The van der Waals surface area contributed by atoms with Crippen molar-refractivity contribution in [1.82, 2.24) is 4.90 Å². The molecule has 0 aliphatic carbocycles. The summed E-state index contributed by atoms with van der Waals surface area (Å²) < 4.78 is 11.1. The van der Waals surface area contributed by atoms with Gasteiger partial charge in [-0.3, -0.25) is 4.79 Å². The molecular weight excluding hydrogens is 268 g/mol. The highest BCUT2D eigenvalue weighted by Crippen LogP contribution is 2.29. The summed E-state index contributed by atoms with van der Waals surface area (Å²) in [5, 5.41) is 3.15. The van der Waals surface area contributed by atoms with E-state index in [9.17, 15) is 4.79 Å². The number of benzene rings is 1. The molecule has 5 nitrogen and oxygen atoms in total. The third-order valence-corrected chi connectivity index (χ3v) is 3.11. The number of carbonyl (C=O) groups excluding carboxylic acids is 1. The minimum Gasteiger partial charge on any atom is -0.494 e. The first-order valence-corrected chi connectivity index (χ1v) is 7.57. The van der Waals surface area contributed by atoms with Gasteiger partial charge in [-0.1, -0.05) is 0 Å². The lowest BCUT2D eigenvalue weighted by molar-refractivity contribution is -0.128. The Morgan fingerprint density at radius 3 is 2.33 bits per heavy atom. The van der Waals surface area contributed by atoms with Gasteiger partial charge in [-0.25, -0.2) is 0 Å². The summed E-state index contributed by atoms with van der Waals surface area (Å²) >= 11 is 0. The number of ether oxygens (including phenoxy) is 2. The van der Waals surface area contributed by atoms with Gasteiger partial charge >= 0.3 is 0 Å². The summed E-state index contributed by atoms with van der Waals surface area (Å²) in [6.45, 7) is 10.7. The number of amides is 1. The minimum absolute atomic E-state index is 0.0734. The van der Waals surface area contributed by atoms with E-state index < -0.39 is 0 Å². The van der Waals surface area contributed by atoms with E-state index in [1.54, 1.807) is 4.90 Å². The van der Waals surface area contributed by atoms with Gasteiger partial charge in [-0.2, -0.15) is 0 Å². The van der Waals surface area contributed by atoms with Crippen molar-refractivity contribution >= 4 is 11.6 Å². The first-order chi connectivity index (χ1) is 10.2. The van der Waals surface area contributed by atoms with Crippen molar-refractivity contribution in [3.05, 3.63) is 18.2 Å². The van der Waals surface area contributed by atoms with Crippen molar-refractivity contribution < 1.29 is 14.3 Å². The van der Waals surface area contributed by atoms with Crippen LogP contribution >= 0.6 is 0 Å². The van der Waals surface area contributed by atoms with Crippen LogP contribution in [0.1, 0.15) is 27.7 Å². The van der Waals surface area contributed by atoms with Crippen LogP contribution in [-0.4, -0.2) is 43.7 Å². The van der Waals surface area contributed by atoms with E-state index >= 15 is 0 Å². The molecule has 21 heavy (non-hydrogen) atoms. The molecule has 118 valence electrons. The quantitative estimate of drug-likeness (QED) is 0.761. The molecule has 0 aromatic heterocycles. The largest absolute Gasteiger partial charge is 0.494 e. The summed E-state index contributed by atoms with van der Waals surface area (Å²) in [4.78, 5) is 13.8. The Labute approximate surface area is 127 Å². The molecule has 1 amide bonds. The summed E-state index contributed by atoms with van der Waals surface area (Å²) in [5.41, 5.74) is 0.781. The van der Waals surface area contributed by atoms with Gasteiger partial charge in [0.25, 0.3) is 0 Å². The number of hydrogen-bond donors (Lipinski definition) is 1.